The van der Waals surface area contributed by atoms with Crippen LogP contribution in [-0.2, 0) is 10.2 Å². The SMILES string of the molecule is CCNC(=NCC(C)(C)c1ccc(OC)cc1)N1CCC(COC)C1. The molecule has 1 heterocycles. The summed E-state index contributed by atoms with van der Waals surface area (Å²) in [6, 6.07) is 8.29. The molecule has 0 spiro atoms. The van der Waals surface area contributed by atoms with Crippen molar-refractivity contribution in [1.82, 2.24) is 10.2 Å². The average Bonchev–Trinajstić information content (AvgIpc) is 3.07. The van der Waals surface area contributed by atoms with Crippen LogP contribution in [0.5, 0.6) is 5.75 Å². The average molecular weight is 348 g/mol. The summed E-state index contributed by atoms with van der Waals surface area (Å²) in [5.74, 6) is 2.50. The van der Waals surface area contributed by atoms with Crippen LogP contribution in [-0.4, -0.2) is 57.9 Å². The van der Waals surface area contributed by atoms with E-state index in [1.54, 1.807) is 14.2 Å². The van der Waals surface area contributed by atoms with E-state index in [-0.39, 0.29) is 5.41 Å². The summed E-state index contributed by atoms with van der Waals surface area (Å²) in [5, 5.41) is 3.44. The summed E-state index contributed by atoms with van der Waals surface area (Å²) in [6.45, 7) is 11.1. The van der Waals surface area contributed by atoms with Crippen molar-refractivity contribution >= 4 is 5.96 Å². The van der Waals surface area contributed by atoms with Crippen LogP contribution in [0.15, 0.2) is 29.3 Å². The van der Waals surface area contributed by atoms with Crippen LogP contribution in [0.1, 0.15) is 32.8 Å². The Labute approximate surface area is 152 Å². The van der Waals surface area contributed by atoms with E-state index in [2.05, 4.69) is 43.1 Å². The predicted molar refractivity (Wildman–Crippen MR) is 104 cm³/mol. The van der Waals surface area contributed by atoms with Crippen LogP contribution in [0.4, 0.5) is 0 Å². The van der Waals surface area contributed by atoms with Gasteiger partial charge in [-0.2, -0.15) is 0 Å². The van der Waals surface area contributed by atoms with E-state index < -0.39 is 0 Å². The number of hydrogen-bond acceptors (Lipinski definition) is 3. The van der Waals surface area contributed by atoms with Gasteiger partial charge in [0.05, 0.1) is 20.3 Å². The number of aliphatic imine (C=N–C) groups is 1. The van der Waals surface area contributed by atoms with Gasteiger partial charge in [0, 0.05) is 38.1 Å². The molecule has 25 heavy (non-hydrogen) atoms. The van der Waals surface area contributed by atoms with Crippen LogP contribution in [0.3, 0.4) is 0 Å². The molecule has 1 atom stereocenters. The van der Waals surface area contributed by atoms with Crippen LogP contribution in [0.25, 0.3) is 0 Å². The molecule has 1 aromatic rings. The zero-order chi connectivity index (χ0) is 18.3. The van der Waals surface area contributed by atoms with Crippen LogP contribution in [0, 0.1) is 5.92 Å². The third-order valence-corrected chi connectivity index (χ3v) is 4.82. The van der Waals surface area contributed by atoms with Gasteiger partial charge in [0.1, 0.15) is 5.75 Å². The van der Waals surface area contributed by atoms with Gasteiger partial charge in [0.15, 0.2) is 5.96 Å². The summed E-state index contributed by atoms with van der Waals surface area (Å²) in [4.78, 5) is 7.30. The van der Waals surface area contributed by atoms with Crippen molar-refractivity contribution in [2.24, 2.45) is 10.9 Å². The van der Waals surface area contributed by atoms with Gasteiger partial charge in [-0.15, -0.1) is 0 Å². The Kier molecular flexibility index (Phi) is 7.12. The molecule has 1 saturated heterocycles. The minimum absolute atomic E-state index is 0.0292. The number of nitrogens with one attached hydrogen (secondary N) is 1. The highest BCUT2D eigenvalue weighted by Gasteiger charge is 2.26. The molecule has 0 bridgehead atoms. The molecule has 5 nitrogen and oxygen atoms in total. The number of methoxy groups -OCH3 is 2. The van der Waals surface area contributed by atoms with E-state index >= 15 is 0 Å². The third kappa shape index (κ3) is 5.36. The first-order valence-corrected chi connectivity index (χ1v) is 9.17. The van der Waals surface area contributed by atoms with E-state index in [0.29, 0.717) is 5.92 Å². The van der Waals surface area contributed by atoms with E-state index in [1.807, 2.05) is 12.1 Å². The summed E-state index contributed by atoms with van der Waals surface area (Å²) < 4.78 is 10.6. The summed E-state index contributed by atoms with van der Waals surface area (Å²) >= 11 is 0. The second kappa shape index (κ2) is 9.09. The first kappa shape index (κ1) is 19.6. The first-order valence-electron chi connectivity index (χ1n) is 9.17. The second-order valence-corrected chi connectivity index (χ2v) is 7.34. The molecule has 1 fully saturated rings. The van der Waals surface area contributed by atoms with Gasteiger partial charge < -0.3 is 19.7 Å². The molecule has 0 radical (unpaired) electrons. The van der Waals surface area contributed by atoms with Crippen molar-refractivity contribution in [3.63, 3.8) is 0 Å². The van der Waals surface area contributed by atoms with Crippen molar-refractivity contribution in [2.45, 2.75) is 32.6 Å². The maximum absolute atomic E-state index is 5.31. The van der Waals surface area contributed by atoms with Gasteiger partial charge in [-0.05, 0) is 31.0 Å². The molecule has 0 amide bonds. The van der Waals surface area contributed by atoms with E-state index in [9.17, 15) is 0 Å². The number of likely N-dealkylation sites (tertiary alicyclic amines) is 1. The fraction of sp³-hybridized carbons (Fsp3) is 0.650. The Morgan fingerprint density at radius 1 is 1.28 bits per heavy atom. The van der Waals surface area contributed by atoms with Gasteiger partial charge in [-0.3, -0.25) is 4.99 Å². The number of benzene rings is 1. The Morgan fingerprint density at radius 3 is 2.60 bits per heavy atom. The van der Waals surface area contributed by atoms with Crippen LogP contribution < -0.4 is 10.1 Å². The molecule has 1 aromatic carbocycles. The van der Waals surface area contributed by atoms with Crippen molar-refractivity contribution in [3.8, 4) is 5.75 Å². The van der Waals surface area contributed by atoms with E-state index in [1.165, 1.54) is 12.0 Å². The second-order valence-electron chi connectivity index (χ2n) is 7.34. The summed E-state index contributed by atoms with van der Waals surface area (Å²) in [5.41, 5.74) is 1.24. The predicted octanol–water partition coefficient (Wildman–Crippen LogP) is 2.91. The number of guanidine groups is 1. The summed E-state index contributed by atoms with van der Waals surface area (Å²) in [6.07, 6.45) is 1.17. The quantitative estimate of drug-likeness (QED) is 0.608. The minimum Gasteiger partial charge on any atom is -0.497 e. The Hall–Kier alpha value is -1.75. The van der Waals surface area contributed by atoms with E-state index in [0.717, 1.165) is 44.5 Å². The molecular formula is C20H33N3O2. The smallest absolute Gasteiger partial charge is 0.193 e. The summed E-state index contributed by atoms with van der Waals surface area (Å²) in [7, 11) is 3.47. The maximum Gasteiger partial charge on any atom is 0.193 e. The number of ether oxygens (including phenoxy) is 2. The van der Waals surface area contributed by atoms with Crippen molar-refractivity contribution < 1.29 is 9.47 Å². The topological polar surface area (TPSA) is 46.1 Å². The Balaban J connectivity index is 2.06. The Morgan fingerprint density at radius 2 is 2.00 bits per heavy atom. The van der Waals surface area contributed by atoms with Crippen molar-refractivity contribution in [3.05, 3.63) is 29.8 Å². The zero-order valence-corrected chi connectivity index (χ0v) is 16.3. The molecule has 1 aliphatic rings. The van der Waals surface area contributed by atoms with E-state index in [4.69, 9.17) is 14.5 Å². The number of rotatable bonds is 7. The highest BCUT2D eigenvalue weighted by atomic mass is 16.5. The van der Waals surface area contributed by atoms with Gasteiger partial charge in [-0.1, -0.05) is 26.0 Å². The molecule has 0 aliphatic carbocycles. The molecule has 5 heteroatoms. The maximum atomic E-state index is 5.31. The lowest BCUT2D eigenvalue weighted by Gasteiger charge is -2.26. The lowest BCUT2D eigenvalue weighted by Crippen LogP contribution is -2.41. The van der Waals surface area contributed by atoms with Gasteiger partial charge >= 0.3 is 0 Å². The largest absolute Gasteiger partial charge is 0.497 e. The van der Waals surface area contributed by atoms with Crippen molar-refractivity contribution in [1.29, 1.82) is 0 Å². The number of hydrogen-bond donors (Lipinski definition) is 1. The van der Waals surface area contributed by atoms with Gasteiger partial charge in [0.2, 0.25) is 0 Å². The highest BCUT2D eigenvalue weighted by molar-refractivity contribution is 5.80. The molecular weight excluding hydrogens is 314 g/mol. The van der Waals surface area contributed by atoms with Gasteiger partial charge in [0.25, 0.3) is 0 Å². The molecule has 1 unspecified atom stereocenters. The van der Waals surface area contributed by atoms with Crippen molar-refractivity contribution in [2.75, 3.05) is 47.0 Å². The third-order valence-electron chi connectivity index (χ3n) is 4.82. The monoisotopic (exact) mass is 347 g/mol. The van der Waals surface area contributed by atoms with Gasteiger partial charge in [-0.25, -0.2) is 0 Å². The molecule has 0 saturated carbocycles. The van der Waals surface area contributed by atoms with Crippen LogP contribution in [0.2, 0.25) is 0 Å². The molecule has 1 aliphatic heterocycles. The number of nitrogens with zero attached hydrogens (tertiary/aromatic N) is 2. The molecule has 2 rings (SSSR count). The molecule has 0 aromatic heterocycles. The Bertz CT molecular complexity index is 555. The normalized spacial score (nSPS) is 18.5. The lowest BCUT2D eigenvalue weighted by molar-refractivity contribution is 0.157. The fourth-order valence-corrected chi connectivity index (χ4v) is 3.23. The van der Waals surface area contributed by atoms with Crippen LogP contribution >= 0.6 is 0 Å². The highest BCUT2D eigenvalue weighted by Crippen LogP contribution is 2.26. The lowest BCUT2D eigenvalue weighted by atomic mass is 9.85. The zero-order valence-electron chi connectivity index (χ0n) is 16.3. The molecule has 140 valence electrons. The molecule has 1 N–H and O–H groups in total. The standard InChI is InChI=1S/C20H33N3O2/c1-6-21-19(23-12-11-16(13-23)14-24-4)22-15-20(2,3)17-7-9-18(25-5)10-8-17/h7-10,16H,6,11-15H2,1-5H3,(H,21,22). The first-order chi connectivity index (χ1) is 12.0. The minimum atomic E-state index is -0.0292. The fourth-order valence-electron chi connectivity index (χ4n) is 3.23.